The Bertz CT molecular complexity index is 975. The van der Waals surface area contributed by atoms with Gasteiger partial charge >= 0.3 is 0 Å². The molecule has 3 nitrogen and oxygen atoms in total. The number of amides is 1. The molecule has 4 rings (SSSR count). The Kier molecular flexibility index (Phi) is 8.65. The third kappa shape index (κ3) is 6.64. The Morgan fingerprint density at radius 3 is 1.87 bits per heavy atom. The molecular weight excluding hydrogens is 451 g/mol. The number of hydrogen-bond acceptors (Lipinski definition) is 2. The second kappa shape index (κ2) is 11.4. The predicted molar refractivity (Wildman–Crippen MR) is 132 cm³/mol. The Hall–Kier alpha value is -2.20. The molecule has 0 radical (unpaired) electrons. The van der Waals surface area contributed by atoms with Crippen molar-refractivity contribution in [3.05, 3.63) is 99.5 Å². The van der Waals surface area contributed by atoms with E-state index in [0.29, 0.717) is 23.1 Å². The van der Waals surface area contributed by atoms with Gasteiger partial charge < -0.3 is 9.80 Å². The highest BCUT2D eigenvalue weighted by Gasteiger charge is 2.26. The maximum Gasteiger partial charge on any atom is 0.229 e. The summed E-state index contributed by atoms with van der Waals surface area (Å²) in [5.74, 6) is 0.0694. The third-order valence-electron chi connectivity index (χ3n) is 5.24. The molecule has 3 aromatic rings. The molecule has 1 heterocycles. The number of carbonyl (C=O) groups excluding carboxylic acids is 1. The monoisotopic (exact) mass is 474 g/mol. The minimum Gasteiger partial charge on any atom is -0.367 e. The van der Waals surface area contributed by atoms with Crippen LogP contribution in [0.25, 0.3) is 0 Å². The van der Waals surface area contributed by atoms with Crippen LogP contribution in [0.5, 0.6) is 0 Å². The summed E-state index contributed by atoms with van der Waals surface area (Å²) in [7, 11) is 0. The molecule has 0 spiro atoms. The molecule has 1 amide bonds. The van der Waals surface area contributed by atoms with E-state index < -0.39 is 0 Å². The summed E-state index contributed by atoms with van der Waals surface area (Å²) < 4.78 is 0. The normalized spacial score (nSPS) is 14.5. The molecule has 1 unspecified atom stereocenters. The molecule has 6 heteroatoms. The van der Waals surface area contributed by atoms with Crippen molar-refractivity contribution < 1.29 is 4.79 Å². The SMILES string of the molecule is CC(C(=O)N1CCN(c2ccc(Cl)cc2Cl)CC1)c1ccccc1.Clc1ccccc1. The van der Waals surface area contributed by atoms with Gasteiger partial charge in [-0.05, 0) is 42.8 Å². The number of nitrogens with zero attached hydrogens (tertiary/aromatic N) is 2. The molecule has 0 aliphatic carbocycles. The van der Waals surface area contributed by atoms with Gasteiger partial charge in [0.2, 0.25) is 5.91 Å². The fourth-order valence-corrected chi connectivity index (χ4v) is 4.15. The number of rotatable bonds is 3. The number of anilines is 1. The highest BCUT2D eigenvalue weighted by molar-refractivity contribution is 6.36. The molecule has 31 heavy (non-hydrogen) atoms. The molecule has 3 aromatic carbocycles. The van der Waals surface area contributed by atoms with Crippen molar-refractivity contribution in [2.45, 2.75) is 12.8 Å². The number of piperazine rings is 1. The van der Waals surface area contributed by atoms with E-state index in [0.717, 1.165) is 29.4 Å². The van der Waals surface area contributed by atoms with Crippen LogP contribution < -0.4 is 4.90 Å². The van der Waals surface area contributed by atoms with E-state index >= 15 is 0 Å². The zero-order chi connectivity index (χ0) is 22.2. The number of hydrogen-bond donors (Lipinski definition) is 0. The lowest BCUT2D eigenvalue weighted by atomic mass is 9.99. The van der Waals surface area contributed by atoms with E-state index in [9.17, 15) is 4.79 Å². The van der Waals surface area contributed by atoms with Gasteiger partial charge in [-0.25, -0.2) is 0 Å². The van der Waals surface area contributed by atoms with Crippen molar-refractivity contribution in [3.8, 4) is 0 Å². The van der Waals surface area contributed by atoms with Crippen LogP contribution in [0.3, 0.4) is 0 Å². The Balaban J connectivity index is 0.000000330. The van der Waals surface area contributed by atoms with Crippen LogP contribution in [-0.2, 0) is 4.79 Å². The van der Waals surface area contributed by atoms with Gasteiger partial charge in [0, 0.05) is 36.2 Å². The molecule has 1 fully saturated rings. The van der Waals surface area contributed by atoms with Crippen LogP contribution in [0.15, 0.2) is 78.9 Å². The van der Waals surface area contributed by atoms with Gasteiger partial charge in [0.15, 0.2) is 0 Å². The summed E-state index contributed by atoms with van der Waals surface area (Å²) in [6.07, 6.45) is 0. The third-order valence-corrected chi connectivity index (χ3v) is 6.03. The smallest absolute Gasteiger partial charge is 0.229 e. The molecule has 0 saturated carbocycles. The van der Waals surface area contributed by atoms with E-state index in [2.05, 4.69) is 4.90 Å². The summed E-state index contributed by atoms with van der Waals surface area (Å²) in [5.41, 5.74) is 2.04. The van der Waals surface area contributed by atoms with Gasteiger partial charge in [0.25, 0.3) is 0 Å². The van der Waals surface area contributed by atoms with E-state index in [1.54, 1.807) is 6.07 Å². The topological polar surface area (TPSA) is 23.6 Å². The van der Waals surface area contributed by atoms with Crippen molar-refractivity contribution in [2.24, 2.45) is 0 Å². The second-order valence-corrected chi connectivity index (χ2v) is 8.62. The Morgan fingerprint density at radius 1 is 0.774 bits per heavy atom. The molecule has 0 bridgehead atoms. The van der Waals surface area contributed by atoms with Crippen molar-refractivity contribution in [1.82, 2.24) is 4.90 Å². The van der Waals surface area contributed by atoms with Gasteiger partial charge in [-0.15, -0.1) is 0 Å². The number of benzene rings is 3. The van der Waals surface area contributed by atoms with Crippen LogP contribution in [0.4, 0.5) is 5.69 Å². The predicted octanol–water partition coefficient (Wildman–Crippen LogP) is 6.79. The largest absolute Gasteiger partial charge is 0.367 e. The van der Waals surface area contributed by atoms with Crippen LogP contribution in [0.1, 0.15) is 18.4 Å². The summed E-state index contributed by atoms with van der Waals surface area (Å²) in [4.78, 5) is 16.9. The molecule has 162 valence electrons. The first-order valence-corrected chi connectivity index (χ1v) is 11.3. The van der Waals surface area contributed by atoms with Crippen molar-refractivity contribution >= 4 is 46.4 Å². The second-order valence-electron chi connectivity index (χ2n) is 7.34. The average molecular weight is 476 g/mol. The zero-order valence-corrected chi connectivity index (χ0v) is 19.6. The van der Waals surface area contributed by atoms with Crippen molar-refractivity contribution in [1.29, 1.82) is 0 Å². The first-order valence-electron chi connectivity index (χ1n) is 10.2. The standard InChI is InChI=1S/C19H20Cl2N2O.C6H5Cl/c1-14(15-5-3-2-4-6-15)19(24)23-11-9-22(10-12-23)18-8-7-16(20)13-17(18)21;7-6-4-2-1-3-5-6/h2-8,13-14H,9-12H2,1H3;1-5H. The van der Waals surface area contributed by atoms with Gasteiger partial charge in [-0.2, -0.15) is 0 Å². The molecule has 1 saturated heterocycles. The molecule has 1 aliphatic rings. The van der Waals surface area contributed by atoms with Gasteiger partial charge in [0.1, 0.15) is 0 Å². The Labute approximate surface area is 199 Å². The summed E-state index contributed by atoms with van der Waals surface area (Å²) in [6.45, 7) is 4.92. The minimum absolute atomic E-state index is 0.114. The van der Waals surface area contributed by atoms with E-state index in [4.69, 9.17) is 34.8 Å². The molecule has 1 aliphatic heterocycles. The lowest BCUT2D eigenvalue weighted by Gasteiger charge is -2.37. The maximum atomic E-state index is 12.7. The first-order chi connectivity index (χ1) is 15.0. The van der Waals surface area contributed by atoms with Crippen LogP contribution in [0.2, 0.25) is 15.1 Å². The highest BCUT2D eigenvalue weighted by atomic mass is 35.5. The van der Waals surface area contributed by atoms with Crippen molar-refractivity contribution in [2.75, 3.05) is 31.1 Å². The van der Waals surface area contributed by atoms with E-state index in [1.807, 2.05) is 84.6 Å². The zero-order valence-electron chi connectivity index (χ0n) is 17.3. The summed E-state index contributed by atoms with van der Waals surface area (Å²) in [5, 5.41) is 2.08. The van der Waals surface area contributed by atoms with Crippen LogP contribution in [-0.4, -0.2) is 37.0 Å². The van der Waals surface area contributed by atoms with Crippen LogP contribution >= 0.6 is 34.8 Å². The van der Waals surface area contributed by atoms with Crippen LogP contribution in [0, 0.1) is 0 Å². The van der Waals surface area contributed by atoms with E-state index in [1.165, 1.54) is 0 Å². The summed E-state index contributed by atoms with van der Waals surface area (Å²) >= 11 is 17.8. The Morgan fingerprint density at radius 2 is 1.35 bits per heavy atom. The molecule has 0 aromatic heterocycles. The quantitative estimate of drug-likeness (QED) is 0.416. The number of halogens is 3. The van der Waals surface area contributed by atoms with Gasteiger partial charge in [-0.3, -0.25) is 4.79 Å². The minimum atomic E-state index is -0.114. The molecule has 0 N–H and O–H groups in total. The maximum absolute atomic E-state index is 12.7. The van der Waals surface area contributed by atoms with E-state index in [-0.39, 0.29) is 11.8 Å². The van der Waals surface area contributed by atoms with Gasteiger partial charge in [0.05, 0.1) is 16.6 Å². The highest BCUT2D eigenvalue weighted by Crippen LogP contribution is 2.30. The lowest BCUT2D eigenvalue weighted by Crippen LogP contribution is -2.49. The molecular formula is C25H25Cl3N2O. The fraction of sp³-hybridized carbons (Fsp3) is 0.240. The average Bonchev–Trinajstić information content (AvgIpc) is 2.80. The number of carbonyl (C=O) groups is 1. The van der Waals surface area contributed by atoms with Gasteiger partial charge in [-0.1, -0.05) is 83.3 Å². The van der Waals surface area contributed by atoms with Crippen molar-refractivity contribution in [3.63, 3.8) is 0 Å². The fourth-order valence-electron chi connectivity index (χ4n) is 3.48. The first kappa shape index (κ1) is 23.5. The molecule has 1 atom stereocenters. The summed E-state index contributed by atoms with van der Waals surface area (Å²) in [6, 6.07) is 24.9. The lowest BCUT2D eigenvalue weighted by molar-refractivity contribution is -0.132.